The first-order valence-electron chi connectivity index (χ1n) is 16.3. The van der Waals surface area contributed by atoms with Gasteiger partial charge < -0.3 is 27.1 Å². The van der Waals surface area contributed by atoms with Crippen LogP contribution in [-0.4, -0.2) is 26.4 Å². The molecule has 0 bridgehead atoms. The molecule has 2 aromatic carbocycles. The van der Waals surface area contributed by atoms with Crippen molar-refractivity contribution >= 4 is 17.2 Å². The summed E-state index contributed by atoms with van der Waals surface area (Å²) in [6.07, 6.45) is 9.81. The molecule has 2 aromatic rings. The van der Waals surface area contributed by atoms with Gasteiger partial charge in [0.2, 0.25) is 0 Å². The van der Waals surface area contributed by atoms with Gasteiger partial charge in [0.15, 0.2) is 0 Å². The molecule has 43 heavy (non-hydrogen) atoms. The van der Waals surface area contributed by atoms with E-state index in [0.717, 1.165) is 69.3 Å². The topological polar surface area (TPSA) is 55.4 Å². The molecule has 0 amide bonds. The lowest BCUT2D eigenvalue weighted by atomic mass is 9.83. The summed E-state index contributed by atoms with van der Waals surface area (Å²) in [5, 5.41) is 0. The molecule has 2 aliphatic rings. The zero-order chi connectivity index (χ0) is 31.0. The minimum absolute atomic E-state index is 0.0544. The predicted octanol–water partition coefficient (Wildman–Crippen LogP) is 10.6. The van der Waals surface area contributed by atoms with Crippen LogP contribution in [0.25, 0.3) is 0 Å². The highest BCUT2D eigenvalue weighted by atomic mass is 31.2. The third-order valence-corrected chi connectivity index (χ3v) is 10.2. The number of unbranched alkanes of at least 4 members (excludes halogenated alkanes) is 3. The van der Waals surface area contributed by atoms with Crippen molar-refractivity contribution in [1.29, 1.82) is 0 Å². The molecule has 4 rings (SSSR count). The van der Waals surface area contributed by atoms with Crippen molar-refractivity contribution in [1.82, 2.24) is 0 Å². The van der Waals surface area contributed by atoms with Crippen LogP contribution in [0.1, 0.15) is 113 Å². The van der Waals surface area contributed by atoms with E-state index in [9.17, 15) is 0 Å². The molecule has 0 aromatic heterocycles. The molecular formula is C35H54O6P2. The molecule has 0 atom stereocenters. The van der Waals surface area contributed by atoms with Gasteiger partial charge >= 0.3 is 17.2 Å². The lowest BCUT2D eigenvalue weighted by Gasteiger charge is -2.41. The van der Waals surface area contributed by atoms with Crippen LogP contribution in [0.3, 0.4) is 0 Å². The highest BCUT2D eigenvalue weighted by Crippen LogP contribution is 2.55. The average Bonchev–Trinajstić information content (AvgIpc) is 2.97. The van der Waals surface area contributed by atoms with Crippen LogP contribution < -0.4 is 9.05 Å². The van der Waals surface area contributed by atoms with Crippen LogP contribution in [0.4, 0.5) is 0 Å². The van der Waals surface area contributed by atoms with E-state index in [1.54, 1.807) is 0 Å². The molecule has 2 heterocycles. The fourth-order valence-corrected chi connectivity index (χ4v) is 8.18. The second-order valence-electron chi connectivity index (χ2n) is 13.5. The van der Waals surface area contributed by atoms with E-state index in [1.165, 1.54) is 33.4 Å². The molecular weight excluding hydrogens is 578 g/mol. The van der Waals surface area contributed by atoms with Crippen LogP contribution in [0.2, 0.25) is 0 Å². The number of benzene rings is 2. The van der Waals surface area contributed by atoms with Crippen LogP contribution in [0.15, 0.2) is 24.3 Å². The summed E-state index contributed by atoms with van der Waals surface area (Å²) < 4.78 is 38.1. The summed E-state index contributed by atoms with van der Waals surface area (Å²) in [6.45, 7) is 19.6. The Labute approximate surface area is 263 Å². The minimum atomic E-state index is -1.51. The molecule has 0 N–H and O–H groups in total. The van der Waals surface area contributed by atoms with Crippen molar-refractivity contribution in [2.75, 3.05) is 26.4 Å². The largest absolute Gasteiger partial charge is 0.426 e. The van der Waals surface area contributed by atoms with E-state index in [2.05, 4.69) is 79.7 Å². The van der Waals surface area contributed by atoms with Gasteiger partial charge in [-0.25, -0.2) is 0 Å². The fourth-order valence-electron chi connectivity index (χ4n) is 5.56. The zero-order valence-corrected chi connectivity index (χ0v) is 29.6. The molecule has 0 aliphatic carbocycles. The van der Waals surface area contributed by atoms with Gasteiger partial charge in [0.05, 0.1) is 31.8 Å². The predicted molar refractivity (Wildman–Crippen MR) is 178 cm³/mol. The van der Waals surface area contributed by atoms with Crippen molar-refractivity contribution in [2.45, 2.75) is 119 Å². The number of hydrogen-bond donors (Lipinski definition) is 0. The maximum atomic E-state index is 6.55. The molecule has 240 valence electrons. The Morgan fingerprint density at radius 2 is 1.00 bits per heavy atom. The number of rotatable bonds is 13. The van der Waals surface area contributed by atoms with Crippen molar-refractivity contribution in [3.63, 3.8) is 0 Å². The lowest BCUT2D eigenvalue weighted by Crippen LogP contribution is -2.45. The van der Waals surface area contributed by atoms with Gasteiger partial charge in [-0.1, -0.05) is 96.2 Å². The van der Waals surface area contributed by atoms with Crippen LogP contribution in [0.5, 0.6) is 11.5 Å². The monoisotopic (exact) mass is 632 g/mol. The highest BCUT2D eigenvalue weighted by Gasteiger charge is 2.45. The first kappa shape index (κ1) is 34.6. The molecule has 2 saturated heterocycles. The van der Waals surface area contributed by atoms with E-state index in [4.69, 9.17) is 27.1 Å². The third kappa shape index (κ3) is 9.38. The first-order chi connectivity index (χ1) is 20.6. The quantitative estimate of drug-likeness (QED) is 0.205. The van der Waals surface area contributed by atoms with Gasteiger partial charge in [-0.3, -0.25) is 0 Å². The summed E-state index contributed by atoms with van der Waals surface area (Å²) >= 11 is 0. The Balaban J connectivity index is 1.40. The van der Waals surface area contributed by atoms with Gasteiger partial charge in [-0.15, -0.1) is 0 Å². The van der Waals surface area contributed by atoms with Gasteiger partial charge in [-0.05, 0) is 74.5 Å². The van der Waals surface area contributed by atoms with Gasteiger partial charge in [0.25, 0.3) is 0 Å². The lowest BCUT2D eigenvalue weighted by molar-refractivity contribution is -0.0674. The molecule has 8 heteroatoms. The Morgan fingerprint density at radius 3 is 1.40 bits per heavy atom. The minimum Gasteiger partial charge on any atom is -0.426 e. The molecule has 0 saturated carbocycles. The van der Waals surface area contributed by atoms with E-state index >= 15 is 0 Å². The standard InChI is InChI=1S/C35H54O6P2/c1-9-12-15-28-18-26(4)19-29(16-13-10-2)32(28)40-42-36-22-35(23-37-42)24-38-43(39-25-35)41-33-30(17-14-11-3)20-27(5)21-31(33)34(6,7)8/h18-21H,9-17,22-25H2,1-8H3. The number of hydrogen-bond acceptors (Lipinski definition) is 6. The Hall–Kier alpha value is -1.26. The molecule has 6 nitrogen and oxygen atoms in total. The van der Waals surface area contributed by atoms with Crippen LogP contribution >= 0.6 is 17.2 Å². The van der Waals surface area contributed by atoms with Gasteiger partial charge in [-0.2, -0.15) is 0 Å². The van der Waals surface area contributed by atoms with E-state index in [-0.39, 0.29) is 10.8 Å². The van der Waals surface area contributed by atoms with E-state index in [1.807, 2.05) is 0 Å². The van der Waals surface area contributed by atoms with Crippen LogP contribution in [0, 0.1) is 19.3 Å². The molecule has 2 aliphatic heterocycles. The van der Waals surface area contributed by atoms with Gasteiger partial charge in [0, 0.05) is 5.56 Å². The summed E-state index contributed by atoms with van der Waals surface area (Å²) in [5.74, 6) is 1.90. The molecule has 1 spiro atoms. The summed E-state index contributed by atoms with van der Waals surface area (Å²) in [5.41, 5.74) is 7.10. The second-order valence-corrected chi connectivity index (χ2v) is 15.8. The maximum absolute atomic E-state index is 6.55. The summed E-state index contributed by atoms with van der Waals surface area (Å²) in [4.78, 5) is 0. The Bertz CT molecular complexity index is 1150. The fraction of sp³-hybridized carbons (Fsp3) is 0.657. The van der Waals surface area contributed by atoms with Crippen LogP contribution in [-0.2, 0) is 42.8 Å². The summed E-state index contributed by atoms with van der Waals surface area (Å²) in [7, 11) is -3.00. The Morgan fingerprint density at radius 1 is 0.628 bits per heavy atom. The SMILES string of the molecule is CCCCc1cc(C)cc(CCCC)c1OP1OCC2(CO1)COP(Oc1c(CCCC)cc(C)cc1C(C)(C)C)OC2. The molecule has 0 radical (unpaired) electrons. The number of aryl methyl sites for hydroxylation is 5. The summed E-state index contributed by atoms with van der Waals surface area (Å²) in [6, 6.07) is 9.02. The average molecular weight is 633 g/mol. The molecule has 0 unspecified atom stereocenters. The zero-order valence-electron chi connectivity index (χ0n) is 27.8. The maximum Gasteiger partial charge on any atom is 0.397 e. The van der Waals surface area contributed by atoms with Crippen molar-refractivity contribution < 1.29 is 27.1 Å². The highest BCUT2D eigenvalue weighted by molar-refractivity contribution is 7.42. The first-order valence-corrected chi connectivity index (χ1v) is 18.5. The smallest absolute Gasteiger partial charge is 0.397 e. The van der Waals surface area contributed by atoms with Crippen molar-refractivity contribution in [3.05, 3.63) is 57.6 Å². The Kier molecular flexibility index (Phi) is 12.7. The van der Waals surface area contributed by atoms with Crippen molar-refractivity contribution in [2.24, 2.45) is 5.41 Å². The van der Waals surface area contributed by atoms with Gasteiger partial charge in [0.1, 0.15) is 11.5 Å². The molecule has 2 fully saturated rings. The van der Waals surface area contributed by atoms with E-state index < -0.39 is 17.2 Å². The van der Waals surface area contributed by atoms with E-state index in [0.29, 0.717) is 26.4 Å². The van der Waals surface area contributed by atoms with Crippen molar-refractivity contribution in [3.8, 4) is 11.5 Å². The normalized spacial score (nSPS) is 22.6. The third-order valence-electron chi connectivity index (χ3n) is 8.14. The second kappa shape index (κ2) is 15.8.